The van der Waals surface area contributed by atoms with Gasteiger partial charge in [0.05, 0.1) is 6.04 Å². The molecule has 1 aromatic rings. The molecule has 0 bridgehead atoms. The number of benzene rings is 1. The third kappa shape index (κ3) is 3.42. The van der Waals surface area contributed by atoms with Gasteiger partial charge in [-0.2, -0.15) is 0 Å². The number of carbonyl (C=O) groups is 1. The lowest BCUT2D eigenvalue weighted by Gasteiger charge is -2.26. The Kier molecular flexibility index (Phi) is 4.02. The first-order valence-corrected chi connectivity index (χ1v) is 6.44. The highest BCUT2D eigenvalue weighted by atomic mass is 16.1. The molecule has 0 amide bonds. The van der Waals surface area contributed by atoms with Gasteiger partial charge < -0.3 is 5.73 Å². The first kappa shape index (κ1) is 14.9. The van der Waals surface area contributed by atoms with Crippen molar-refractivity contribution < 1.29 is 4.79 Å². The van der Waals surface area contributed by atoms with Gasteiger partial charge in [0.15, 0.2) is 5.78 Å². The molecule has 0 aliphatic carbocycles. The fourth-order valence-electron chi connectivity index (χ4n) is 1.71. The molecule has 0 saturated carbocycles. The molecular formula is C16H25NO. The summed E-state index contributed by atoms with van der Waals surface area (Å²) >= 11 is 0. The van der Waals surface area contributed by atoms with E-state index in [1.807, 2.05) is 45.0 Å². The monoisotopic (exact) mass is 247 g/mol. The van der Waals surface area contributed by atoms with Gasteiger partial charge in [-0.05, 0) is 16.4 Å². The van der Waals surface area contributed by atoms with Gasteiger partial charge in [0, 0.05) is 5.56 Å². The molecule has 1 aromatic carbocycles. The van der Waals surface area contributed by atoms with Crippen LogP contribution in [0.25, 0.3) is 0 Å². The Morgan fingerprint density at radius 2 is 1.44 bits per heavy atom. The van der Waals surface area contributed by atoms with Crippen LogP contribution >= 0.6 is 0 Å². The Morgan fingerprint density at radius 3 is 1.78 bits per heavy atom. The lowest BCUT2D eigenvalue weighted by Crippen LogP contribution is -2.42. The summed E-state index contributed by atoms with van der Waals surface area (Å²) in [6, 6.07) is 7.34. The standard InChI is InChI=1S/C16H25NO/c1-15(2,3)12-9-7-11(8-10-12)13(18)14(17)16(4,5)6/h7-10,14H,17H2,1-6H3. The molecule has 2 N–H and O–H groups in total. The van der Waals surface area contributed by atoms with Gasteiger partial charge in [-0.3, -0.25) is 4.79 Å². The molecule has 0 aliphatic heterocycles. The number of hydrogen-bond acceptors (Lipinski definition) is 2. The van der Waals surface area contributed by atoms with E-state index in [4.69, 9.17) is 5.73 Å². The molecule has 1 atom stereocenters. The van der Waals surface area contributed by atoms with Crippen molar-refractivity contribution in [2.75, 3.05) is 0 Å². The normalized spacial score (nSPS) is 14.4. The number of ketones is 1. The maximum Gasteiger partial charge on any atom is 0.180 e. The summed E-state index contributed by atoms with van der Waals surface area (Å²) in [5.41, 5.74) is 7.82. The summed E-state index contributed by atoms with van der Waals surface area (Å²) < 4.78 is 0. The van der Waals surface area contributed by atoms with Gasteiger partial charge >= 0.3 is 0 Å². The number of carbonyl (C=O) groups excluding carboxylic acids is 1. The Hall–Kier alpha value is -1.15. The third-order valence-electron chi connectivity index (χ3n) is 3.25. The molecule has 0 aromatic heterocycles. The summed E-state index contributed by atoms with van der Waals surface area (Å²) in [6.07, 6.45) is 0. The minimum atomic E-state index is -0.460. The zero-order chi connectivity index (χ0) is 14.1. The van der Waals surface area contributed by atoms with Crippen molar-refractivity contribution in [3.63, 3.8) is 0 Å². The van der Waals surface area contributed by atoms with E-state index >= 15 is 0 Å². The summed E-state index contributed by atoms with van der Waals surface area (Å²) in [5, 5.41) is 0. The van der Waals surface area contributed by atoms with Crippen LogP contribution in [0.4, 0.5) is 0 Å². The van der Waals surface area contributed by atoms with Gasteiger partial charge in [-0.15, -0.1) is 0 Å². The van der Waals surface area contributed by atoms with Crippen LogP contribution in [0, 0.1) is 5.41 Å². The molecule has 0 radical (unpaired) electrons. The zero-order valence-corrected chi connectivity index (χ0v) is 12.4. The molecule has 0 heterocycles. The summed E-state index contributed by atoms with van der Waals surface area (Å²) in [4.78, 5) is 12.2. The van der Waals surface area contributed by atoms with Crippen LogP contribution in [0.5, 0.6) is 0 Å². The minimum Gasteiger partial charge on any atom is -0.321 e. The van der Waals surface area contributed by atoms with E-state index in [9.17, 15) is 4.79 Å². The molecule has 0 saturated heterocycles. The van der Waals surface area contributed by atoms with Gasteiger partial charge in [-0.1, -0.05) is 65.8 Å². The van der Waals surface area contributed by atoms with Gasteiger partial charge in [0.25, 0.3) is 0 Å². The van der Waals surface area contributed by atoms with Crippen molar-refractivity contribution in [3.05, 3.63) is 35.4 Å². The molecule has 2 nitrogen and oxygen atoms in total. The fourth-order valence-corrected chi connectivity index (χ4v) is 1.71. The summed E-state index contributed by atoms with van der Waals surface area (Å²) in [5.74, 6) is 0.0166. The lowest BCUT2D eigenvalue weighted by atomic mass is 9.82. The van der Waals surface area contributed by atoms with Crippen LogP contribution in [0.15, 0.2) is 24.3 Å². The third-order valence-corrected chi connectivity index (χ3v) is 3.25. The quantitative estimate of drug-likeness (QED) is 0.812. The highest BCUT2D eigenvalue weighted by Gasteiger charge is 2.28. The van der Waals surface area contributed by atoms with Crippen LogP contribution in [-0.2, 0) is 5.41 Å². The highest BCUT2D eigenvalue weighted by Crippen LogP contribution is 2.24. The van der Waals surface area contributed by atoms with Crippen LogP contribution in [-0.4, -0.2) is 11.8 Å². The van der Waals surface area contributed by atoms with E-state index in [0.717, 1.165) is 0 Å². The second kappa shape index (κ2) is 4.85. The predicted molar refractivity (Wildman–Crippen MR) is 76.9 cm³/mol. The first-order chi connectivity index (χ1) is 8.03. The minimum absolute atomic E-state index is 0.0166. The number of hydrogen-bond donors (Lipinski definition) is 1. The van der Waals surface area contributed by atoms with Crippen LogP contribution in [0.1, 0.15) is 57.5 Å². The second-order valence-corrected chi connectivity index (χ2v) is 7.04. The second-order valence-electron chi connectivity index (χ2n) is 7.04. The maximum absolute atomic E-state index is 12.2. The Bertz CT molecular complexity index is 418. The predicted octanol–water partition coefficient (Wildman–Crippen LogP) is 3.54. The maximum atomic E-state index is 12.2. The molecular weight excluding hydrogens is 222 g/mol. The molecule has 1 rings (SSSR count). The van der Waals surface area contributed by atoms with Crippen LogP contribution < -0.4 is 5.73 Å². The molecule has 0 spiro atoms. The smallest absolute Gasteiger partial charge is 0.180 e. The van der Waals surface area contributed by atoms with Crippen LogP contribution in [0.3, 0.4) is 0 Å². The van der Waals surface area contributed by atoms with Gasteiger partial charge in [0.2, 0.25) is 0 Å². The molecule has 2 heteroatoms. The molecule has 100 valence electrons. The first-order valence-electron chi connectivity index (χ1n) is 6.44. The number of rotatable bonds is 2. The summed E-state index contributed by atoms with van der Waals surface area (Å²) in [6.45, 7) is 12.4. The van der Waals surface area contributed by atoms with E-state index in [0.29, 0.717) is 5.56 Å². The van der Waals surface area contributed by atoms with Gasteiger partial charge in [0.1, 0.15) is 0 Å². The van der Waals surface area contributed by atoms with E-state index in [1.165, 1.54) is 5.56 Å². The van der Waals surface area contributed by atoms with E-state index in [-0.39, 0.29) is 16.6 Å². The van der Waals surface area contributed by atoms with E-state index in [1.54, 1.807) is 0 Å². The average molecular weight is 247 g/mol. The summed E-state index contributed by atoms with van der Waals surface area (Å²) in [7, 11) is 0. The Morgan fingerprint density at radius 1 is 1.00 bits per heavy atom. The van der Waals surface area contributed by atoms with Crippen molar-refractivity contribution in [1.29, 1.82) is 0 Å². The molecule has 0 aliphatic rings. The molecule has 1 unspecified atom stereocenters. The van der Waals surface area contributed by atoms with Crippen molar-refractivity contribution in [2.24, 2.45) is 11.1 Å². The Labute approximate surface area is 111 Å². The van der Waals surface area contributed by atoms with Crippen molar-refractivity contribution in [3.8, 4) is 0 Å². The Balaban J connectivity index is 2.96. The number of nitrogens with two attached hydrogens (primary N) is 1. The van der Waals surface area contributed by atoms with E-state index < -0.39 is 6.04 Å². The zero-order valence-electron chi connectivity index (χ0n) is 12.4. The lowest BCUT2D eigenvalue weighted by molar-refractivity contribution is 0.0901. The van der Waals surface area contributed by atoms with Crippen molar-refractivity contribution in [2.45, 2.75) is 53.0 Å². The average Bonchev–Trinajstić information content (AvgIpc) is 2.25. The SMILES string of the molecule is CC(C)(C)c1ccc(C(=O)C(N)C(C)(C)C)cc1. The fraction of sp³-hybridized carbons (Fsp3) is 0.562. The molecule has 18 heavy (non-hydrogen) atoms. The van der Waals surface area contributed by atoms with Crippen LogP contribution in [0.2, 0.25) is 0 Å². The van der Waals surface area contributed by atoms with Gasteiger partial charge in [-0.25, -0.2) is 0 Å². The highest BCUT2D eigenvalue weighted by molar-refractivity contribution is 6.00. The largest absolute Gasteiger partial charge is 0.321 e. The number of Topliss-reactive ketones (excluding diaryl/α,β-unsaturated/α-hetero) is 1. The van der Waals surface area contributed by atoms with Crippen molar-refractivity contribution >= 4 is 5.78 Å². The van der Waals surface area contributed by atoms with Crippen molar-refractivity contribution in [1.82, 2.24) is 0 Å². The van der Waals surface area contributed by atoms with E-state index in [2.05, 4.69) is 20.8 Å². The topological polar surface area (TPSA) is 43.1 Å². The molecule has 0 fully saturated rings.